The van der Waals surface area contributed by atoms with E-state index in [1.54, 1.807) is 0 Å². The van der Waals surface area contributed by atoms with E-state index < -0.39 is 12.2 Å². The van der Waals surface area contributed by atoms with Crippen LogP contribution in [0.1, 0.15) is 11.6 Å². The van der Waals surface area contributed by atoms with Crippen LogP contribution in [0.4, 0.5) is 13.2 Å². The first-order valence-electron chi connectivity index (χ1n) is 3.45. The Kier molecular flexibility index (Phi) is 3.24. The molecule has 0 unspecified atom stereocenters. The number of hydrogen-bond donors (Lipinski definition) is 1. The molecule has 2 nitrogen and oxygen atoms in total. The average molecular weight is 245 g/mol. The largest absolute Gasteiger partial charge is 0.407 e. The fourth-order valence-electron chi connectivity index (χ4n) is 0.823. The molecule has 0 saturated carbocycles. The molecule has 0 fully saturated rings. The number of nitrogens with zero attached hydrogens (tertiary/aromatic N) is 1. The summed E-state index contributed by atoms with van der Waals surface area (Å²) in [5.41, 5.74) is 4.64. The summed E-state index contributed by atoms with van der Waals surface area (Å²) in [7, 11) is 0. The van der Waals surface area contributed by atoms with E-state index in [-0.39, 0.29) is 15.7 Å². The summed E-state index contributed by atoms with van der Waals surface area (Å²) in [4.78, 5) is 3.48. The van der Waals surface area contributed by atoms with Gasteiger partial charge in [-0.05, 0) is 6.07 Å². The summed E-state index contributed by atoms with van der Waals surface area (Å²) in [6.45, 7) is 0. The molecule has 0 aliphatic carbocycles. The van der Waals surface area contributed by atoms with Crippen molar-refractivity contribution in [2.45, 2.75) is 12.2 Å². The number of nitrogens with two attached hydrogens (primary N) is 1. The van der Waals surface area contributed by atoms with Crippen LogP contribution in [0.25, 0.3) is 0 Å². The monoisotopic (exact) mass is 244 g/mol. The first kappa shape index (κ1) is 11.6. The smallest absolute Gasteiger partial charge is 0.316 e. The average Bonchev–Trinajstić information content (AvgIpc) is 2.01. The molecule has 0 amide bonds. The Balaban J connectivity index is 3.08. The molecule has 1 atom stereocenters. The van der Waals surface area contributed by atoms with Crippen molar-refractivity contribution in [3.05, 3.63) is 28.0 Å². The molecule has 0 aromatic carbocycles. The van der Waals surface area contributed by atoms with Crippen molar-refractivity contribution < 1.29 is 13.2 Å². The van der Waals surface area contributed by atoms with Crippen LogP contribution in [0, 0.1) is 0 Å². The summed E-state index contributed by atoms with van der Waals surface area (Å²) in [5.74, 6) is 0. The molecule has 0 radical (unpaired) electrons. The number of halogens is 5. The van der Waals surface area contributed by atoms with Gasteiger partial charge >= 0.3 is 6.18 Å². The Morgan fingerprint density at radius 3 is 2.36 bits per heavy atom. The third kappa shape index (κ3) is 2.50. The highest BCUT2D eigenvalue weighted by atomic mass is 35.5. The van der Waals surface area contributed by atoms with E-state index in [0.29, 0.717) is 0 Å². The van der Waals surface area contributed by atoms with E-state index in [4.69, 9.17) is 28.9 Å². The minimum atomic E-state index is -4.54. The third-order valence-electron chi connectivity index (χ3n) is 1.54. The molecular formula is C7H5Cl2F3N2. The minimum Gasteiger partial charge on any atom is -0.316 e. The third-order valence-corrected chi connectivity index (χ3v) is 2.07. The lowest BCUT2D eigenvalue weighted by atomic mass is 10.1. The summed E-state index contributed by atoms with van der Waals surface area (Å²) in [5, 5.41) is -0.122. The van der Waals surface area contributed by atoms with Crippen LogP contribution in [0.5, 0.6) is 0 Å². The van der Waals surface area contributed by atoms with Crippen molar-refractivity contribution in [3.8, 4) is 0 Å². The highest BCUT2D eigenvalue weighted by Crippen LogP contribution is 2.34. The van der Waals surface area contributed by atoms with Crippen LogP contribution >= 0.6 is 23.2 Å². The predicted molar refractivity (Wildman–Crippen MR) is 47.2 cm³/mol. The van der Waals surface area contributed by atoms with Crippen LogP contribution in [-0.2, 0) is 0 Å². The molecule has 0 bridgehead atoms. The topological polar surface area (TPSA) is 38.9 Å². The molecule has 2 N–H and O–H groups in total. The van der Waals surface area contributed by atoms with Crippen molar-refractivity contribution in [3.63, 3.8) is 0 Å². The first-order chi connectivity index (χ1) is 6.32. The van der Waals surface area contributed by atoms with Crippen molar-refractivity contribution in [1.82, 2.24) is 4.98 Å². The second kappa shape index (κ2) is 3.92. The van der Waals surface area contributed by atoms with E-state index in [0.717, 1.165) is 12.3 Å². The van der Waals surface area contributed by atoms with E-state index >= 15 is 0 Å². The van der Waals surface area contributed by atoms with Crippen molar-refractivity contribution in [1.29, 1.82) is 0 Å². The first-order valence-corrected chi connectivity index (χ1v) is 4.21. The number of rotatable bonds is 1. The van der Waals surface area contributed by atoms with Gasteiger partial charge in [-0.2, -0.15) is 13.2 Å². The lowest BCUT2D eigenvalue weighted by Crippen LogP contribution is -2.28. The molecule has 0 aliphatic rings. The number of hydrogen-bond acceptors (Lipinski definition) is 2. The Hall–Kier alpha value is -0.520. The van der Waals surface area contributed by atoms with Crippen LogP contribution in [-0.4, -0.2) is 11.2 Å². The van der Waals surface area contributed by atoms with Crippen LogP contribution in [0.3, 0.4) is 0 Å². The fraction of sp³-hybridized carbons (Fsp3) is 0.286. The van der Waals surface area contributed by atoms with Gasteiger partial charge in [0.25, 0.3) is 0 Å². The standard InChI is InChI=1S/C7H5Cl2F3N2/c8-4-1-5(9)14-2-3(4)6(13)7(10,11)12/h1-2,6H,13H2/t6-/m0/s1. The van der Waals surface area contributed by atoms with Gasteiger partial charge in [-0.3, -0.25) is 0 Å². The molecular weight excluding hydrogens is 240 g/mol. The molecule has 1 aromatic heterocycles. The molecule has 7 heteroatoms. The Labute approximate surface area is 87.8 Å². The molecule has 1 rings (SSSR count). The summed E-state index contributed by atoms with van der Waals surface area (Å²) in [6, 6.07) is -1.02. The van der Waals surface area contributed by atoms with Crippen molar-refractivity contribution >= 4 is 23.2 Å². The second-order valence-electron chi connectivity index (χ2n) is 2.55. The Morgan fingerprint density at radius 1 is 1.36 bits per heavy atom. The maximum absolute atomic E-state index is 12.2. The zero-order chi connectivity index (χ0) is 10.9. The number of pyridine rings is 1. The quantitative estimate of drug-likeness (QED) is 0.772. The zero-order valence-electron chi connectivity index (χ0n) is 6.65. The van der Waals surface area contributed by atoms with Gasteiger partial charge in [0.15, 0.2) is 0 Å². The molecule has 0 saturated heterocycles. The Morgan fingerprint density at radius 2 is 1.93 bits per heavy atom. The zero-order valence-corrected chi connectivity index (χ0v) is 8.16. The summed E-state index contributed by atoms with van der Waals surface area (Å²) >= 11 is 10.9. The van der Waals surface area contributed by atoms with Crippen molar-refractivity contribution in [2.24, 2.45) is 5.73 Å². The second-order valence-corrected chi connectivity index (χ2v) is 3.34. The molecule has 0 aliphatic heterocycles. The van der Waals surface area contributed by atoms with Gasteiger partial charge in [-0.1, -0.05) is 23.2 Å². The highest BCUT2D eigenvalue weighted by Gasteiger charge is 2.39. The van der Waals surface area contributed by atoms with Crippen LogP contribution < -0.4 is 5.73 Å². The van der Waals surface area contributed by atoms with Gasteiger partial charge in [0.1, 0.15) is 11.2 Å². The van der Waals surface area contributed by atoms with E-state index in [1.807, 2.05) is 0 Å². The Bertz CT molecular complexity index is 340. The predicted octanol–water partition coefficient (Wildman–Crippen LogP) is 2.95. The molecule has 14 heavy (non-hydrogen) atoms. The van der Waals surface area contributed by atoms with Gasteiger partial charge in [-0.25, -0.2) is 4.98 Å². The normalized spacial score (nSPS) is 14.1. The van der Waals surface area contributed by atoms with Gasteiger partial charge in [0.2, 0.25) is 0 Å². The van der Waals surface area contributed by atoms with Gasteiger partial charge in [0, 0.05) is 11.8 Å². The van der Waals surface area contributed by atoms with E-state index in [2.05, 4.69) is 4.98 Å². The molecule has 0 spiro atoms. The highest BCUT2D eigenvalue weighted by molar-refractivity contribution is 6.34. The molecule has 1 aromatic rings. The van der Waals surface area contributed by atoms with Crippen molar-refractivity contribution in [2.75, 3.05) is 0 Å². The summed E-state index contributed by atoms with van der Waals surface area (Å²) < 4.78 is 36.5. The fourth-order valence-corrected chi connectivity index (χ4v) is 1.31. The van der Waals surface area contributed by atoms with Crippen LogP contribution in [0.15, 0.2) is 12.3 Å². The minimum absolute atomic E-state index is 0.0214. The SMILES string of the molecule is N[C@@H](c1cnc(Cl)cc1Cl)C(F)(F)F. The number of aromatic nitrogens is 1. The van der Waals surface area contributed by atoms with Gasteiger partial charge in [0.05, 0.1) is 5.02 Å². The lowest BCUT2D eigenvalue weighted by Gasteiger charge is -2.16. The molecule has 78 valence electrons. The maximum atomic E-state index is 12.2. The molecule has 1 heterocycles. The van der Waals surface area contributed by atoms with Gasteiger partial charge in [-0.15, -0.1) is 0 Å². The van der Waals surface area contributed by atoms with E-state index in [9.17, 15) is 13.2 Å². The van der Waals surface area contributed by atoms with Gasteiger partial charge < -0.3 is 5.73 Å². The lowest BCUT2D eigenvalue weighted by molar-refractivity contribution is -0.149. The van der Waals surface area contributed by atoms with Crippen LogP contribution in [0.2, 0.25) is 10.2 Å². The number of alkyl halides is 3. The van der Waals surface area contributed by atoms with E-state index in [1.165, 1.54) is 0 Å². The summed E-state index contributed by atoms with van der Waals surface area (Å²) in [6.07, 6.45) is -3.62. The maximum Gasteiger partial charge on any atom is 0.407 e.